The first-order valence-electron chi connectivity index (χ1n) is 11.9. The average molecular weight is 523 g/mol. The van der Waals surface area contributed by atoms with Gasteiger partial charge in [0, 0.05) is 26.8 Å². The summed E-state index contributed by atoms with van der Waals surface area (Å²) in [6.45, 7) is 0. The van der Waals surface area contributed by atoms with E-state index >= 15 is 0 Å². The molecule has 0 bridgehead atoms. The van der Waals surface area contributed by atoms with Crippen LogP contribution in [-0.4, -0.2) is 19.3 Å². The van der Waals surface area contributed by atoms with Gasteiger partial charge in [0.15, 0.2) is 17.1 Å². The van der Waals surface area contributed by atoms with Crippen LogP contribution < -0.4 is 14.2 Å². The summed E-state index contributed by atoms with van der Waals surface area (Å²) in [5.41, 5.74) is 2.12. The van der Waals surface area contributed by atoms with Gasteiger partial charge in [0.1, 0.15) is 11.5 Å². The summed E-state index contributed by atoms with van der Waals surface area (Å²) in [6, 6.07) is 23.8. The second kappa shape index (κ2) is 8.26. The Morgan fingerprint density at radius 2 is 1.51 bits per heavy atom. The first-order chi connectivity index (χ1) is 18.1. The largest absolute Gasteiger partial charge is 0.508 e. The fourth-order valence-electron chi connectivity index (χ4n) is 5.32. The molecule has 0 radical (unpaired) electrons. The highest BCUT2D eigenvalue weighted by atomic mass is 32.1. The van der Waals surface area contributed by atoms with E-state index in [1.165, 1.54) is 14.8 Å². The zero-order chi connectivity index (χ0) is 25.1. The molecule has 0 saturated carbocycles. The number of fused-ring (bicyclic) bond motifs is 8. The van der Waals surface area contributed by atoms with Gasteiger partial charge in [-0.3, -0.25) is 0 Å². The molecule has 6 heteroatoms. The van der Waals surface area contributed by atoms with Crippen LogP contribution in [-0.2, 0) is 5.60 Å². The van der Waals surface area contributed by atoms with E-state index in [-0.39, 0.29) is 5.75 Å². The molecule has 1 atom stereocenters. The van der Waals surface area contributed by atoms with Crippen LogP contribution in [0.1, 0.15) is 16.7 Å². The molecule has 4 nitrogen and oxygen atoms in total. The lowest BCUT2D eigenvalue weighted by Crippen LogP contribution is -2.34. The number of benzene rings is 4. The van der Waals surface area contributed by atoms with Crippen molar-refractivity contribution in [2.24, 2.45) is 0 Å². The fraction of sp³-hybridized carbons (Fsp3) is 0.0968. The van der Waals surface area contributed by atoms with Gasteiger partial charge in [-0.25, -0.2) is 0 Å². The SMILES string of the molecule is COc1cc2c3c(c4sc5ccsc5c4c2cc1OC)OC(c1ccccc1)(c1ccc(O)cc1)C=C3. The molecule has 1 aliphatic rings. The monoisotopic (exact) mass is 522 g/mol. The lowest BCUT2D eigenvalue weighted by Gasteiger charge is -2.36. The van der Waals surface area contributed by atoms with E-state index in [0.717, 1.165) is 37.9 Å². The van der Waals surface area contributed by atoms with E-state index in [9.17, 15) is 5.11 Å². The summed E-state index contributed by atoms with van der Waals surface area (Å²) in [4.78, 5) is 0. The van der Waals surface area contributed by atoms with Crippen molar-refractivity contribution < 1.29 is 19.3 Å². The van der Waals surface area contributed by atoms with Crippen molar-refractivity contribution in [2.75, 3.05) is 14.2 Å². The number of methoxy groups -OCH3 is 2. The second-order valence-corrected chi connectivity index (χ2v) is 11.0. The first kappa shape index (κ1) is 22.2. The van der Waals surface area contributed by atoms with Gasteiger partial charge in [-0.15, -0.1) is 22.7 Å². The molecule has 1 unspecified atom stereocenters. The Balaban J connectivity index is 1.59. The van der Waals surface area contributed by atoms with Gasteiger partial charge < -0.3 is 19.3 Å². The smallest absolute Gasteiger partial charge is 0.178 e. The van der Waals surface area contributed by atoms with E-state index in [4.69, 9.17) is 14.2 Å². The molecule has 0 spiro atoms. The second-order valence-electron chi connectivity index (χ2n) is 9.00. The van der Waals surface area contributed by atoms with E-state index in [0.29, 0.717) is 11.5 Å². The van der Waals surface area contributed by atoms with Crippen LogP contribution in [0.5, 0.6) is 23.0 Å². The molecule has 0 aliphatic carbocycles. The third kappa shape index (κ3) is 3.19. The zero-order valence-electron chi connectivity index (χ0n) is 20.1. The van der Waals surface area contributed by atoms with E-state index in [1.54, 1.807) is 49.0 Å². The van der Waals surface area contributed by atoms with Crippen LogP contribution in [0.2, 0.25) is 0 Å². The Morgan fingerprint density at radius 3 is 2.24 bits per heavy atom. The van der Waals surface area contributed by atoms with Crippen molar-refractivity contribution in [1.29, 1.82) is 0 Å². The van der Waals surface area contributed by atoms with Crippen molar-refractivity contribution in [1.82, 2.24) is 0 Å². The van der Waals surface area contributed by atoms with Crippen molar-refractivity contribution in [2.45, 2.75) is 5.60 Å². The Kier molecular flexibility index (Phi) is 4.96. The number of phenols is 1. The summed E-state index contributed by atoms with van der Waals surface area (Å²) in [6.07, 6.45) is 4.29. The van der Waals surface area contributed by atoms with Crippen molar-refractivity contribution in [3.05, 3.63) is 101 Å². The highest BCUT2D eigenvalue weighted by Crippen LogP contribution is 2.54. The van der Waals surface area contributed by atoms with Gasteiger partial charge >= 0.3 is 0 Å². The average Bonchev–Trinajstić information content (AvgIpc) is 3.55. The molecular weight excluding hydrogens is 500 g/mol. The molecule has 2 aromatic heterocycles. The molecule has 4 aromatic carbocycles. The Hall–Kier alpha value is -4.00. The molecule has 1 aliphatic heterocycles. The molecular formula is C31H22O4S2. The Labute approximate surface area is 221 Å². The number of hydrogen-bond donors (Lipinski definition) is 1. The maximum Gasteiger partial charge on any atom is 0.178 e. The Morgan fingerprint density at radius 1 is 0.811 bits per heavy atom. The van der Waals surface area contributed by atoms with Crippen molar-refractivity contribution in [3.8, 4) is 23.0 Å². The van der Waals surface area contributed by atoms with Crippen molar-refractivity contribution >= 4 is 59.0 Å². The number of rotatable bonds is 4. The topological polar surface area (TPSA) is 47.9 Å². The normalized spacial score (nSPS) is 16.7. The lowest BCUT2D eigenvalue weighted by molar-refractivity contribution is 0.164. The van der Waals surface area contributed by atoms with Gasteiger partial charge in [-0.05, 0) is 58.6 Å². The summed E-state index contributed by atoms with van der Waals surface area (Å²) in [5.74, 6) is 2.46. The number of aromatic hydroxyl groups is 1. The minimum atomic E-state index is -0.851. The maximum atomic E-state index is 10.00. The van der Waals surface area contributed by atoms with E-state index in [2.05, 4.69) is 41.8 Å². The highest BCUT2D eigenvalue weighted by molar-refractivity contribution is 7.32. The third-order valence-corrected chi connectivity index (χ3v) is 9.29. The van der Waals surface area contributed by atoms with Gasteiger partial charge in [-0.2, -0.15) is 0 Å². The molecule has 0 amide bonds. The Bertz CT molecular complexity index is 1830. The van der Waals surface area contributed by atoms with E-state index in [1.807, 2.05) is 36.4 Å². The van der Waals surface area contributed by atoms with Crippen molar-refractivity contribution in [3.63, 3.8) is 0 Å². The molecule has 3 heterocycles. The summed E-state index contributed by atoms with van der Waals surface area (Å²) < 4.78 is 22.1. The number of phenolic OH excluding ortho intramolecular Hbond substituents is 1. The van der Waals surface area contributed by atoms with Crippen LogP contribution in [0, 0.1) is 0 Å². The molecule has 7 rings (SSSR count). The number of ether oxygens (including phenoxy) is 3. The molecule has 0 saturated heterocycles. The third-order valence-electron chi connectivity index (χ3n) is 7.08. The molecule has 6 aromatic rings. The molecule has 0 fully saturated rings. The summed E-state index contributed by atoms with van der Waals surface area (Å²) in [7, 11) is 3.33. The van der Waals surface area contributed by atoms with Crippen LogP contribution in [0.15, 0.2) is 84.3 Å². The predicted octanol–water partition coefficient (Wildman–Crippen LogP) is 8.34. The van der Waals surface area contributed by atoms with Crippen LogP contribution in [0.25, 0.3) is 36.3 Å². The summed E-state index contributed by atoms with van der Waals surface area (Å²) >= 11 is 3.50. The van der Waals surface area contributed by atoms with Crippen LogP contribution >= 0.6 is 22.7 Å². The number of hydrogen-bond acceptors (Lipinski definition) is 6. The maximum absolute atomic E-state index is 10.00. The molecule has 1 N–H and O–H groups in total. The van der Waals surface area contributed by atoms with Crippen LogP contribution in [0.4, 0.5) is 0 Å². The quantitative estimate of drug-likeness (QED) is 0.253. The molecule has 37 heavy (non-hydrogen) atoms. The van der Waals surface area contributed by atoms with E-state index < -0.39 is 5.60 Å². The minimum absolute atomic E-state index is 0.222. The lowest BCUT2D eigenvalue weighted by atomic mass is 9.83. The summed E-state index contributed by atoms with van der Waals surface area (Å²) in [5, 5.41) is 15.5. The van der Waals surface area contributed by atoms with Crippen LogP contribution in [0.3, 0.4) is 0 Å². The first-order valence-corrected chi connectivity index (χ1v) is 13.6. The fourth-order valence-corrected chi connectivity index (χ4v) is 7.70. The highest BCUT2D eigenvalue weighted by Gasteiger charge is 2.39. The van der Waals surface area contributed by atoms with Gasteiger partial charge in [0.2, 0.25) is 0 Å². The minimum Gasteiger partial charge on any atom is -0.508 e. The predicted molar refractivity (Wildman–Crippen MR) is 153 cm³/mol. The number of thiophene rings is 2. The van der Waals surface area contributed by atoms with Gasteiger partial charge in [0.25, 0.3) is 0 Å². The van der Waals surface area contributed by atoms with Gasteiger partial charge in [0.05, 0.1) is 23.6 Å². The molecule has 182 valence electrons. The van der Waals surface area contributed by atoms with Gasteiger partial charge in [-0.1, -0.05) is 42.5 Å². The zero-order valence-corrected chi connectivity index (χ0v) is 21.8. The standard InChI is InChI=1S/C31H22O4S2/c1-33-24-16-22-21-12-14-31(18-6-4-3-5-7-18,19-8-10-20(32)11-9-19)35-28(21)30-27(23(22)17-25(24)34-2)29-26(37-30)13-15-36-29/h3-17,32H,1-2H3.